The molecule has 156 valence electrons. The van der Waals surface area contributed by atoms with Gasteiger partial charge in [-0.3, -0.25) is 9.10 Å². The summed E-state index contributed by atoms with van der Waals surface area (Å²) in [6.45, 7) is 5.54. The van der Waals surface area contributed by atoms with E-state index in [0.717, 1.165) is 6.42 Å². The monoisotopic (exact) mass is 456 g/mol. The van der Waals surface area contributed by atoms with Crippen molar-refractivity contribution in [1.29, 1.82) is 0 Å². The van der Waals surface area contributed by atoms with Crippen LogP contribution >= 0.6 is 23.2 Å². The zero-order valence-corrected chi connectivity index (χ0v) is 18.7. The molecular weight excluding hydrogens is 435 g/mol. The standard InChI is InChI=1S/C20H22Cl2N2O4S/c1-4-9-23-20(25)17-11-24(15-7-5-6-8-16(15)28-17)29(26,27)19-13(3)14(21)10-12(2)18(19)22/h5-8,10,17H,4,9,11H2,1-3H3,(H,23,25). The van der Waals surface area contributed by atoms with Crippen molar-refractivity contribution in [3.05, 3.63) is 51.5 Å². The van der Waals surface area contributed by atoms with Gasteiger partial charge in [-0.15, -0.1) is 0 Å². The van der Waals surface area contributed by atoms with E-state index in [0.29, 0.717) is 34.1 Å². The van der Waals surface area contributed by atoms with Gasteiger partial charge in [0.25, 0.3) is 15.9 Å². The van der Waals surface area contributed by atoms with Gasteiger partial charge in [0.05, 0.1) is 17.3 Å². The summed E-state index contributed by atoms with van der Waals surface area (Å²) < 4.78 is 34.3. The zero-order chi connectivity index (χ0) is 21.3. The topological polar surface area (TPSA) is 75.7 Å². The molecule has 0 radical (unpaired) electrons. The fraction of sp³-hybridized carbons (Fsp3) is 0.350. The molecule has 2 aromatic carbocycles. The predicted molar refractivity (Wildman–Crippen MR) is 115 cm³/mol. The van der Waals surface area contributed by atoms with E-state index in [9.17, 15) is 13.2 Å². The lowest BCUT2D eigenvalue weighted by atomic mass is 10.2. The number of amides is 1. The Hall–Kier alpha value is -1.96. The fourth-order valence-corrected chi connectivity index (χ4v) is 5.81. The van der Waals surface area contributed by atoms with Crippen LogP contribution in [0.5, 0.6) is 5.75 Å². The second-order valence-electron chi connectivity index (χ2n) is 6.84. The van der Waals surface area contributed by atoms with Crippen LogP contribution in [0.25, 0.3) is 0 Å². The van der Waals surface area contributed by atoms with E-state index in [1.54, 1.807) is 44.2 Å². The van der Waals surface area contributed by atoms with Gasteiger partial charge in [0.15, 0.2) is 6.10 Å². The molecule has 0 aliphatic carbocycles. The zero-order valence-electron chi connectivity index (χ0n) is 16.3. The number of ether oxygens (including phenoxy) is 1. The Morgan fingerprint density at radius 3 is 2.66 bits per heavy atom. The number of carbonyl (C=O) groups excluding carboxylic acids is 1. The maximum atomic E-state index is 13.7. The summed E-state index contributed by atoms with van der Waals surface area (Å²) >= 11 is 12.6. The Balaban J connectivity index is 2.12. The van der Waals surface area contributed by atoms with Crippen LogP contribution in [0.2, 0.25) is 10.0 Å². The van der Waals surface area contributed by atoms with Gasteiger partial charge in [0, 0.05) is 11.6 Å². The minimum absolute atomic E-state index is 0.0615. The third kappa shape index (κ3) is 4.04. The van der Waals surface area contributed by atoms with Crippen molar-refractivity contribution in [2.45, 2.75) is 38.2 Å². The van der Waals surface area contributed by atoms with Gasteiger partial charge in [0.2, 0.25) is 0 Å². The van der Waals surface area contributed by atoms with Gasteiger partial charge >= 0.3 is 0 Å². The number of anilines is 1. The number of benzene rings is 2. The molecule has 0 saturated carbocycles. The highest BCUT2D eigenvalue weighted by atomic mass is 35.5. The molecule has 0 spiro atoms. The van der Waals surface area contributed by atoms with E-state index in [1.165, 1.54) is 4.31 Å². The van der Waals surface area contributed by atoms with Crippen LogP contribution in [-0.4, -0.2) is 33.5 Å². The number of aryl methyl sites for hydroxylation is 1. The van der Waals surface area contributed by atoms with Crippen LogP contribution in [0.15, 0.2) is 35.2 Å². The molecule has 0 fully saturated rings. The van der Waals surface area contributed by atoms with E-state index in [2.05, 4.69) is 5.32 Å². The summed E-state index contributed by atoms with van der Waals surface area (Å²) in [5.74, 6) is -0.0573. The van der Waals surface area contributed by atoms with E-state index in [4.69, 9.17) is 27.9 Å². The third-order valence-electron chi connectivity index (χ3n) is 4.71. The summed E-state index contributed by atoms with van der Waals surface area (Å²) in [5.41, 5.74) is 1.26. The lowest BCUT2D eigenvalue weighted by Gasteiger charge is -2.35. The second-order valence-corrected chi connectivity index (χ2v) is 9.43. The van der Waals surface area contributed by atoms with Crippen LogP contribution in [0.4, 0.5) is 5.69 Å². The largest absolute Gasteiger partial charge is 0.476 e. The van der Waals surface area contributed by atoms with Gasteiger partial charge in [-0.25, -0.2) is 8.42 Å². The molecule has 29 heavy (non-hydrogen) atoms. The maximum Gasteiger partial charge on any atom is 0.266 e. The molecule has 1 amide bonds. The second kappa shape index (κ2) is 8.42. The fourth-order valence-electron chi connectivity index (χ4n) is 3.16. The van der Waals surface area contributed by atoms with Crippen molar-refractivity contribution >= 4 is 44.8 Å². The van der Waals surface area contributed by atoms with Crippen molar-refractivity contribution < 1.29 is 17.9 Å². The molecule has 0 aromatic heterocycles. The molecule has 6 nitrogen and oxygen atoms in total. The molecule has 0 saturated heterocycles. The van der Waals surface area contributed by atoms with Crippen LogP contribution in [0, 0.1) is 13.8 Å². The molecule has 9 heteroatoms. The lowest BCUT2D eigenvalue weighted by molar-refractivity contribution is -0.127. The normalized spacial score (nSPS) is 16.2. The van der Waals surface area contributed by atoms with Crippen molar-refractivity contribution in [3.63, 3.8) is 0 Å². The Bertz CT molecular complexity index is 1030. The first-order valence-electron chi connectivity index (χ1n) is 9.19. The van der Waals surface area contributed by atoms with E-state index in [1.807, 2.05) is 6.92 Å². The Morgan fingerprint density at radius 1 is 1.28 bits per heavy atom. The highest BCUT2D eigenvalue weighted by Gasteiger charge is 2.39. The number of para-hydroxylation sites is 2. The number of sulfonamides is 1. The number of hydrogen-bond donors (Lipinski definition) is 1. The number of nitrogens with zero attached hydrogens (tertiary/aromatic N) is 1. The number of halogens is 2. The Kier molecular flexibility index (Phi) is 6.31. The summed E-state index contributed by atoms with van der Waals surface area (Å²) in [5, 5.41) is 3.18. The molecule has 1 heterocycles. The van der Waals surface area contributed by atoms with Gasteiger partial charge in [-0.1, -0.05) is 42.3 Å². The third-order valence-corrected chi connectivity index (χ3v) is 7.66. The quantitative estimate of drug-likeness (QED) is 0.734. The van der Waals surface area contributed by atoms with Crippen LogP contribution in [0.1, 0.15) is 24.5 Å². The van der Waals surface area contributed by atoms with Crippen molar-refractivity contribution in [3.8, 4) is 5.75 Å². The minimum atomic E-state index is -4.11. The molecule has 1 N–H and O–H groups in total. The van der Waals surface area contributed by atoms with Crippen molar-refractivity contribution in [2.75, 3.05) is 17.4 Å². The van der Waals surface area contributed by atoms with E-state index in [-0.39, 0.29) is 22.4 Å². The summed E-state index contributed by atoms with van der Waals surface area (Å²) in [4.78, 5) is 12.5. The highest BCUT2D eigenvalue weighted by Crippen LogP contribution is 2.41. The first kappa shape index (κ1) is 21.7. The molecular formula is C20H22Cl2N2O4S. The molecule has 2 aromatic rings. The van der Waals surface area contributed by atoms with Gasteiger partial charge in [-0.05, 0) is 49.6 Å². The number of rotatable bonds is 5. The highest BCUT2D eigenvalue weighted by molar-refractivity contribution is 7.93. The Morgan fingerprint density at radius 2 is 1.97 bits per heavy atom. The summed E-state index contributed by atoms with van der Waals surface area (Å²) in [7, 11) is -4.11. The minimum Gasteiger partial charge on any atom is -0.476 e. The SMILES string of the molecule is CCCNC(=O)C1CN(S(=O)(=O)c2c(C)c(Cl)cc(C)c2Cl)c2ccccc2O1. The van der Waals surface area contributed by atoms with E-state index < -0.39 is 16.1 Å². The van der Waals surface area contributed by atoms with Gasteiger partial charge in [-0.2, -0.15) is 0 Å². The summed E-state index contributed by atoms with van der Waals surface area (Å²) in [6, 6.07) is 8.33. The summed E-state index contributed by atoms with van der Waals surface area (Å²) in [6.07, 6.45) is -0.223. The Labute approximate surface area is 180 Å². The number of carbonyl (C=O) groups is 1. The molecule has 1 aliphatic rings. The van der Waals surface area contributed by atoms with Gasteiger partial charge in [0.1, 0.15) is 10.6 Å². The molecule has 1 aliphatic heterocycles. The average molecular weight is 457 g/mol. The average Bonchev–Trinajstić information content (AvgIpc) is 2.69. The molecule has 3 rings (SSSR count). The van der Waals surface area contributed by atoms with Gasteiger partial charge < -0.3 is 10.1 Å². The number of nitrogens with one attached hydrogen (secondary N) is 1. The maximum absolute atomic E-state index is 13.7. The first-order chi connectivity index (χ1) is 13.7. The number of fused-ring (bicyclic) bond motifs is 1. The molecule has 1 atom stereocenters. The van der Waals surface area contributed by atoms with Crippen LogP contribution < -0.4 is 14.4 Å². The first-order valence-corrected chi connectivity index (χ1v) is 11.4. The van der Waals surface area contributed by atoms with Crippen LogP contribution in [0.3, 0.4) is 0 Å². The van der Waals surface area contributed by atoms with Crippen molar-refractivity contribution in [2.24, 2.45) is 0 Å². The predicted octanol–water partition coefficient (Wildman–Crippen LogP) is 4.09. The number of hydrogen-bond acceptors (Lipinski definition) is 4. The van der Waals surface area contributed by atoms with E-state index >= 15 is 0 Å². The molecule has 1 unspecified atom stereocenters. The van der Waals surface area contributed by atoms with Crippen molar-refractivity contribution in [1.82, 2.24) is 5.32 Å². The lowest BCUT2D eigenvalue weighted by Crippen LogP contribution is -2.50. The van der Waals surface area contributed by atoms with Crippen LogP contribution in [-0.2, 0) is 14.8 Å². The smallest absolute Gasteiger partial charge is 0.266 e. The molecule has 0 bridgehead atoms.